The van der Waals surface area contributed by atoms with E-state index in [2.05, 4.69) is 42.7 Å². The summed E-state index contributed by atoms with van der Waals surface area (Å²) in [6.45, 7) is 6.35. The summed E-state index contributed by atoms with van der Waals surface area (Å²) in [6, 6.07) is 6.33. The van der Waals surface area contributed by atoms with Crippen LogP contribution in [0, 0.1) is 12.8 Å². The molecule has 0 radical (unpaired) electrons. The first-order valence-corrected chi connectivity index (χ1v) is 8.17. The van der Waals surface area contributed by atoms with Gasteiger partial charge in [0.1, 0.15) is 0 Å². The number of thiol groups is 1. The van der Waals surface area contributed by atoms with E-state index in [1.54, 1.807) is 0 Å². The van der Waals surface area contributed by atoms with Gasteiger partial charge in [-0.05, 0) is 42.4 Å². The Labute approximate surface area is 131 Å². The first-order chi connectivity index (χ1) is 10.2. The Bertz CT molecular complexity index is 529. The number of aryl methyl sites for hydroxylation is 1. The SMILES string of the molecule is Cc1cc(N2CC(CS)CC2=O)ccc1N1CCOCC1. The normalized spacial score (nSPS) is 23.0. The summed E-state index contributed by atoms with van der Waals surface area (Å²) in [6.07, 6.45) is 0.619. The molecule has 0 spiro atoms. The molecule has 4 nitrogen and oxygen atoms in total. The Kier molecular flexibility index (Phi) is 4.40. The molecule has 1 unspecified atom stereocenters. The molecule has 1 aromatic carbocycles. The number of carbonyl (C=O) groups is 1. The third-order valence-electron chi connectivity index (χ3n) is 4.31. The molecule has 21 heavy (non-hydrogen) atoms. The van der Waals surface area contributed by atoms with Crippen molar-refractivity contribution < 1.29 is 9.53 Å². The molecule has 1 aromatic rings. The predicted octanol–water partition coefficient (Wildman–Crippen LogP) is 2.11. The molecule has 5 heteroatoms. The molecule has 0 aliphatic carbocycles. The van der Waals surface area contributed by atoms with Crippen LogP contribution in [0.4, 0.5) is 11.4 Å². The van der Waals surface area contributed by atoms with Crippen molar-refractivity contribution in [1.82, 2.24) is 0 Å². The predicted molar refractivity (Wildman–Crippen MR) is 88.5 cm³/mol. The highest BCUT2D eigenvalue weighted by Crippen LogP contribution is 2.30. The summed E-state index contributed by atoms with van der Waals surface area (Å²) in [5.41, 5.74) is 3.48. The van der Waals surface area contributed by atoms with Gasteiger partial charge in [-0.1, -0.05) is 0 Å². The second-order valence-electron chi connectivity index (χ2n) is 5.83. The second-order valence-corrected chi connectivity index (χ2v) is 6.19. The van der Waals surface area contributed by atoms with Crippen molar-refractivity contribution >= 4 is 29.9 Å². The Hall–Kier alpha value is -1.20. The largest absolute Gasteiger partial charge is 0.378 e. The maximum atomic E-state index is 12.1. The van der Waals surface area contributed by atoms with E-state index in [9.17, 15) is 4.79 Å². The minimum absolute atomic E-state index is 0.215. The van der Waals surface area contributed by atoms with Gasteiger partial charge in [-0.3, -0.25) is 4.79 Å². The highest BCUT2D eigenvalue weighted by molar-refractivity contribution is 7.80. The van der Waals surface area contributed by atoms with E-state index >= 15 is 0 Å². The molecular weight excluding hydrogens is 284 g/mol. The minimum atomic E-state index is 0.215. The fraction of sp³-hybridized carbons (Fsp3) is 0.562. The quantitative estimate of drug-likeness (QED) is 0.868. The number of amides is 1. The van der Waals surface area contributed by atoms with Crippen LogP contribution in [0.2, 0.25) is 0 Å². The van der Waals surface area contributed by atoms with Crippen LogP contribution in [-0.2, 0) is 9.53 Å². The minimum Gasteiger partial charge on any atom is -0.378 e. The molecule has 2 fully saturated rings. The third-order valence-corrected chi connectivity index (χ3v) is 4.82. The monoisotopic (exact) mass is 306 g/mol. The summed E-state index contributed by atoms with van der Waals surface area (Å²) in [7, 11) is 0. The average Bonchev–Trinajstić information content (AvgIpc) is 2.89. The Morgan fingerprint density at radius 1 is 1.33 bits per heavy atom. The van der Waals surface area contributed by atoms with Crippen molar-refractivity contribution in [2.45, 2.75) is 13.3 Å². The van der Waals surface area contributed by atoms with Crippen LogP contribution >= 0.6 is 12.6 Å². The van der Waals surface area contributed by atoms with Gasteiger partial charge in [0.05, 0.1) is 13.2 Å². The van der Waals surface area contributed by atoms with Crippen LogP contribution in [0.25, 0.3) is 0 Å². The lowest BCUT2D eigenvalue weighted by molar-refractivity contribution is -0.117. The van der Waals surface area contributed by atoms with Gasteiger partial charge < -0.3 is 14.5 Å². The van der Waals surface area contributed by atoms with E-state index in [0.717, 1.165) is 44.3 Å². The lowest BCUT2D eigenvalue weighted by Crippen LogP contribution is -2.36. The maximum absolute atomic E-state index is 12.1. The zero-order valence-corrected chi connectivity index (χ0v) is 13.3. The van der Waals surface area contributed by atoms with Crippen LogP contribution in [0.1, 0.15) is 12.0 Å². The summed E-state index contributed by atoms with van der Waals surface area (Å²) in [4.78, 5) is 16.4. The van der Waals surface area contributed by atoms with E-state index in [4.69, 9.17) is 4.74 Å². The molecule has 2 heterocycles. The highest BCUT2D eigenvalue weighted by Gasteiger charge is 2.29. The third kappa shape index (κ3) is 3.04. The van der Waals surface area contributed by atoms with E-state index < -0.39 is 0 Å². The molecule has 0 N–H and O–H groups in total. The van der Waals surface area contributed by atoms with E-state index in [1.807, 2.05) is 4.90 Å². The Balaban J connectivity index is 1.79. The molecule has 2 aliphatic heterocycles. The fourth-order valence-electron chi connectivity index (χ4n) is 3.12. The van der Waals surface area contributed by atoms with E-state index in [-0.39, 0.29) is 5.91 Å². The van der Waals surface area contributed by atoms with Gasteiger partial charge in [0.15, 0.2) is 0 Å². The topological polar surface area (TPSA) is 32.8 Å². The van der Waals surface area contributed by atoms with E-state index in [0.29, 0.717) is 12.3 Å². The van der Waals surface area contributed by atoms with Crippen LogP contribution in [0.15, 0.2) is 18.2 Å². The molecule has 3 rings (SSSR count). The van der Waals surface area contributed by atoms with Gasteiger partial charge >= 0.3 is 0 Å². The van der Waals surface area contributed by atoms with Gasteiger partial charge in [-0.15, -0.1) is 0 Å². The fourth-order valence-corrected chi connectivity index (χ4v) is 3.36. The van der Waals surface area contributed by atoms with Gasteiger partial charge in [-0.2, -0.15) is 12.6 Å². The van der Waals surface area contributed by atoms with E-state index in [1.165, 1.54) is 11.3 Å². The molecule has 0 saturated carbocycles. The van der Waals surface area contributed by atoms with Crippen LogP contribution in [-0.4, -0.2) is 44.5 Å². The summed E-state index contributed by atoms with van der Waals surface area (Å²) < 4.78 is 5.40. The van der Waals surface area contributed by atoms with Crippen LogP contribution < -0.4 is 9.80 Å². The van der Waals surface area contributed by atoms with Crippen molar-refractivity contribution in [3.05, 3.63) is 23.8 Å². The molecule has 1 amide bonds. The molecule has 0 aromatic heterocycles. The first-order valence-electron chi connectivity index (χ1n) is 7.53. The lowest BCUT2D eigenvalue weighted by atomic mass is 10.1. The van der Waals surface area contributed by atoms with Gasteiger partial charge in [0, 0.05) is 37.4 Å². The van der Waals surface area contributed by atoms with Gasteiger partial charge in [0.2, 0.25) is 5.91 Å². The number of benzene rings is 1. The molecule has 0 bridgehead atoms. The highest BCUT2D eigenvalue weighted by atomic mass is 32.1. The van der Waals surface area contributed by atoms with Gasteiger partial charge in [-0.25, -0.2) is 0 Å². The zero-order valence-electron chi connectivity index (χ0n) is 12.4. The number of nitrogens with zero attached hydrogens (tertiary/aromatic N) is 2. The maximum Gasteiger partial charge on any atom is 0.227 e. The smallest absolute Gasteiger partial charge is 0.227 e. The number of anilines is 2. The molecular formula is C16H22N2O2S. The molecule has 2 saturated heterocycles. The second kappa shape index (κ2) is 6.28. The number of carbonyl (C=O) groups excluding carboxylic acids is 1. The zero-order chi connectivity index (χ0) is 14.8. The number of rotatable bonds is 3. The number of hydrogen-bond donors (Lipinski definition) is 1. The average molecular weight is 306 g/mol. The van der Waals surface area contributed by atoms with Crippen molar-refractivity contribution in [2.24, 2.45) is 5.92 Å². The number of hydrogen-bond acceptors (Lipinski definition) is 4. The van der Waals surface area contributed by atoms with Gasteiger partial charge in [0.25, 0.3) is 0 Å². The number of ether oxygens (including phenoxy) is 1. The van der Waals surface area contributed by atoms with Crippen molar-refractivity contribution in [2.75, 3.05) is 48.4 Å². The standard InChI is InChI=1S/C16H22N2O2S/c1-12-8-14(18-10-13(11-21)9-16(18)19)2-3-15(12)17-4-6-20-7-5-17/h2-3,8,13,21H,4-7,9-11H2,1H3. The van der Waals surface area contributed by atoms with Crippen LogP contribution in [0.5, 0.6) is 0 Å². The molecule has 2 aliphatic rings. The van der Waals surface area contributed by atoms with Crippen molar-refractivity contribution in [3.8, 4) is 0 Å². The first kappa shape index (κ1) is 14.7. The van der Waals surface area contributed by atoms with Crippen molar-refractivity contribution in [1.29, 1.82) is 0 Å². The lowest BCUT2D eigenvalue weighted by Gasteiger charge is -2.30. The summed E-state index contributed by atoms with van der Waals surface area (Å²) in [5.74, 6) is 1.36. The van der Waals surface area contributed by atoms with Crippen LogP contribution in [0.3, 0.4) is 0 Å². The molecule has 1 atom stereocenters. The summed E-state index contributed by atoms with van der Waals surface area (Å²) >= 11 is 4.32. The molecule has 114 valence electrons. The van der Waals surface area contributed by atoms with Crippen molar-refractivity contribution in [3.63, 3.8) is 0 Å². The Morgan fingerprint density at radius 3 is 2.71 bits per heavy atom. The summed E-state index contributed by atoms with van der Waals surface area (Å²) in [5, 5.41) is 0. The Morgan fingerprint density at radius 2 is 2.10 bits per heavy atom. The number of morpholine rings is 1.